The lowest BCUT2D eigenvalue weighted by atomic mass is 10.2. The Bertz CT molecular complexity index is 1160. The standard InChI is InChI=1S/C22H31BrN4O5Si/c1-15(28)6-5-11-32-21-16(23)7-8-18(25-21)27-19-17(29)9-10-24-20(19)26(22(27)30)14-31-12-13-33(2,3)4/h7-10,15,28H,5-6,11-14H2,1-4H3,(H,24,29). The first-order chi connectivity index (χ1) is 15.6. The molecule has 3 heterocycles. The molecule has 11 heteroatoms. The first-order valence-corrected chi connectivity index (χ1v) is 15.4. The van der Waals surface area contributed by atoms with Gasteiger partial charge in [0.25, 0.3) is 0 Å². The van der Waals surface area contributed by atoms with Gasteiger partial charge in [-0.2, -0.15) is 4.98 Å². The van der Waals surface area contributed by atoms with Gasteiger partial charge < -0.3 is 19.7 Å². The van der Waals surface area contributed by atoms with Crippen molar-refractivity contribution < 1.29 is 19.7 Å². The molecule has 3 rings (SSSR count). The van der Waals surface area contributed by atoms with E-state index in [9.17, 15) is 15.0 Å². The smallest absolute Gasteiger partial charge is 0.338 e. The zero-order chi connectivity index (χ0) is 24.2. The molecule has 9 nitrogen and oxygen atoms in total. The predicted octanol–water partition coefficient (Wildman–Crippen LogP) is 3.90. The first-order valence-electron chi connectivity index (χ1n) is 10.9. The Morgan fingerprint density at radius 1 is 1.21 bits per heavy atom. The number of aromatic nitrogens is 4. The summed E-state index contributed by atoms with van der Waals surface area (Å²) in [7, 11) is -1.27. The van der Waals surface area contributed by atoms with Gasteiger partial charge in [-0.3, -0.25) is 4.57 Å². The van der Waals surface area contributed by atoms with Crippen molar-refractivity contribution in [2.75, 3.05) is 13.2 Å². The Kier molecular flexibility index (Phi) is 8.32. The highest BCUT2D eigenvalue weighted by Gasteiger charge is 2.21. The van der Waals surface area contributed by atoms with E-state index in [0.29, 0.717) is 47.9 Å². The number of nitrogens with zero attached hydrogens (tertiary/aromatic N) is 4. The van der Waals surface area contributed by atoms with E-state index in [4.69, 9.17) is 9.47 Å². The summed E-state index contributed by atoms with van der Waals surface area (Å²) in [4.78, 5) is 22.2. The largest absolute Gasteiger partial charge is 0.506 e. The van der Waals surface area contributed by atoms with Crippen LogP contribution in [0.5, 0.6) is 11.6 Å². The highest BCUT2D eigenvalue weighted by Crippen LogP contribution is 2.28. The zero-order valence-corrected chi connectivity index (χ0v) is 22.0. The third kappa shape index (κ3) is 6.43. The van der Waals surface area contributed by atoms with Gasteiger partial charge in [-0.25, -0.2) is 14.3 Å². The fraction of sp³-hybridized carbons (Fsp3) is 0.500. The second-order valence-corrected chi connectivity index (χ2v) is 15.7. The fourth-order valence-electron chi connectivity index (χ4n) is 3.20. The van der Waals surface area contributed by atoms with Crippen molar-refractivity contribution in [2.45, 2.75) is 58.3 Å². The molecule has 0 aromatic carbocycles. The van der Waals surface area contributed by atoms with Crippen molar-refractivity contribution in [3.63, 3.8) is 0 Å². The monoisotopic (exact) mass is 538 g/mol. The molecule has 0 aliphatic rings. The number of hydrogen-bond donors (Lipinski definition) is 2. The zero-order valence-electron chi connectivity index (χ0n) is 19.4. The van der Waals surface area contributed by atoms with E-state index in [1.165, 1.54) is 21.4 Å². The first kappa shape index (κ1) is 25.4. The number of hydrogen-bond acceptors (Lipinski definition) is 7. The van der Waals surface area contributed by atoms with Gasteiger partial charge in [-0.15, -0.1) is 0 Å². The van der Waals surface area contributed by atoms with E-state index in [1.807, 2.05) is 0 Å². The van der Waals surface area contributed by atoms with Crippen LogP contribution in [0.4, 0.5) is 0 Å². The molecule has 0 spiro atoms. The number of aliphatic hydroxyl groups excluding tert-OH is 1. The highest BCUT2D eigenvalue weighted by atomic mass is 79.9. The number of fused-ring (bicyclic) bond motifs is 1. The summed E-state index contributed by atoms with van der Waals surface area (Å²) in [5.41, 5.74) is 0.158. The maximum atomic E-state index is 13.3. The summed E-state index contributed by atoms with van der Waals surface area (Å²) in [6, 6.07) is 5.81. The molecule has 0 aliphatic carbocycles. The van der Waals surface area contributed by atoms with E-state index in [2.05, 4.69) is 45.5 Å². The van der Waals surface area contributed by atoms with Gasteiger partial charge in [0.2, 0.25) is 5.88 Å². The minimum Gasteiger partial charge on any atom is -0.506 e. The molecule has 0 saturated heterocycles. The number of imidazole rings is 1. The molecule has 180 valence electrons. The summed E-state index contributed by atoms with van der Waals surface area (Å²) in [5.74, 6) is 0.533. The van der Waals surface area contributed by atoms with E-state index < -0.39 is 19.9 Å². The van der Waals surface area contributed by atoms with Crippen LogP contribution in [-0.2, 0) is 11.5 Å². The molecule has 0 amide bonds. The van der Waals surface area contributed by atoms with E-state index in [-0.39, 0.29) is 18.0 Å². The van der Waals surface area contributed by atoms with Crippen molar-refractivity contribution in [3.05, 3.63) is 39.4 Å². The Hall–Kier alpha value is -2.21. The van der Waals surface area contributed by atoms with Crippen molar-refractivity contribution in [1.29, 1.82) is 0 Å². The summed E-state index contributed by atoms with van der Waals surface area (Å²) >= 11 is 3.42. The lowest BCUT2D eigenvalue weighted by Gasteiger charge is -2.15. The molecule has 0 bridgehead atoms. The molecule has 3 aromatic heterocycles. The normalized spacial score (nSPS) is 12.9. The second kappa shape index (κ2) is 10.8. The molecule has 3 aromatic rings. The average Bonchev–Trinajstić information content (AvgIpc) is 3.02. The highest BCUT2D eigenvalue weighted by molar-refractivity contribution is 9.10. The van der Waals surface area contributed by atoms with Crippen LogP contribution in [0.3, 0.4) is 0 Å². The van der Waals surface area contributed by atoms with Gasteiger partial charge in [0, 0.05) is 26.9 Å². The van der Waals surface area contributed by atoms with Gasteiger partial charge in [0.1, 0.15) is 23.8 Å². The molecular weight excluding hydrogens is 508 g/mol. The van der Waals surface area contributed by atoms with Crippen LogP contribution >= 0.6 is 15.9 Å². The molecule has 0 saturated carbocycles. The van der Waals surface area contributed by atoms with Crippen molar-refractivity contribution in [3.8, 4) is 17.4 Å². The van der Waals surface area contributed by atoms with Crippen LogP contribution < -0.4 is 10.4 Å². The molecule has 0 fully saturated rings. The lowest BCUT2D eigenvalue weighted by molar-refractivity contribution is 0.0871. The van der Waals surface area contributed by atoms with Crippen molar-refractivity contribution >= 4 is 35.2 Å². The van der Waals surface area contributed by atoms with E-state index in [1.54, 1.807) is 19.1 Å². The number of pyridine rings is 2. The van der Waals surface area contributed by atoms with Gasteiger partial charge in [-0.05, 0) is 53.9 Å². The van der Waals surface area contributed by atoms with Crippen molar-refractivity contribution in [1.82, 2.24) is 19.1 Å². The van der Waals surface area contributed by atoms with Gasteiger partial charge >= 0.3 is 5.69 Å². The minimum absolute atomic E-state index is 0.0303. The van der Waals surface area contributed by atoms with Gasteiger partial charge in [0.05, 0.1) is 17.2 Å². The van der Waals surface area contributed by atoms with Crippen LogP contribution in [-0.4, -0.2) is 56.7 Å². The second-order valence-electron chi connectivity index (χ2n) is 9.19. The molecule has 0 aliphatic heterocycles. The maximum absolute atomic E-state index is 13.3. The third-order valence-electron chi connectivity index (χ3n) is 5.04. The molecule has 0 radical (unpaired) electrons. The van der Waals surface area contributed by atoms with Crippen LogP contribution in [0.2, 0.25) is 25.7 Å². The number of aromatic hydroxyl groups is 1. The minimum atomic E-state index is -1.27. The fourth-order valence-corrected chi connectivity index (χ4v) is 4.29. The Morgan fingerprint density at radius 3 is 2.67 bits per heavy atom. The van der Waals surface area contributed by atoms with Crippen LogP contribution in [0, 0.1) is 0 Å². The van der Waals surface area contributed by atoms with Crippen molar-refractivity contribution in [2.24, 2.45) is 0 Å². The Morgan fingerprint density at radius 2 is 1.97 bits per heavy atom. The molecule has 2 N–H and O–H groups in total. The number of aliphatic hydroxyl groups is 1. The number of ether oxygens (including phenoxy) is 2. The summed E-state index contributed by atoms with van der Waals surface area (Å²) in [5, 5.41) is 20.0. The third-order valence-corrected chi connectivity index (χ3v) is 7.34. The molecule has 33 heavy (non-hydrogen) atoms. The van der Waals surface area contributed by atoms with Crippen LogP contribution in [0.1, 0.15) is 19.8 Å². The Balaban J connectivity index is 1.94. The topological polar surface area (TPSA) is 112 Å². The molecule has 1 atom stereocenters. The quantitative estimate of drug-likeness (QED) is 0.281. The van der Waals surface area contributed by atoms with Crippen LogP contribution in [0.25, 0.3) is 17.0 Å². The van der Waals surface area contributed by atoms with Gasteiger partial charge in [-0.1, -0.05) is 19.6 Å². The predicted molar refractivity (Wildman–Crippen MR) is 133 cm³/mol. The average molecular weight is 540 g/mol. The van der Waals surface area contributed by atoms with E-state index in [0.717, 1.165) is 6.04 Å². The number of rotatable bonds is 11. The summed E-state index contributed by atoms with van der Waals surface area (Å²) < 4.78 is 14.9. The maximum Gasteiger partial charge on any atom is 0.338 e. The lowest BCUT2D eigenvalue weighted by Crippen LogP contribution is -2.26. The van der Waals surface area contributed by atoms with E-state index >= 15 is 0 Å². The molecular formula is C22H31BrN4O5Si. The summed E-state index contributed by atoms with van der Waals surface area (Å²) in [6.07, 6.45) is 2.33. The summed E-state index contributed by atoms with van der Waals surface area (Å²) in [6.45, 7) is 9.46. The molecule has 1 unspecified atom stereocenters. The van der Waals surface area contributed by atoms with Gasteiger partial charge in [0.15, 0.2) is 5.65 Å². The van der Waals surface area contributed by atoms with Crippen LogP contribution in [0.15, 0.2) is 33.7 Å². The Labute approximate surface area is 202 Å². The SMILES string of the molecule is CC(O)CCCOc1nc(-n2c(=O)n(COCC[Si](C)(C)C)c3nccc(O)c32)ccc1Br. The number of halogens is 1.